The van der Waals surface area contributed by atoms with Crippen LogP contribution in [0.1, 0.15) is 41.4 Å². The number of furan rings is 1. The average molecular weight is 488 g/mol. The maximum absolute atomic E-state index is 12.7. The van der Waals surface area contributed by atoms with Crippen LogP contribution in [0, 0.1) is 0 Å². The van der Waals surface area contributed by atoms with Crippen molar-refractivity contribution in [2.24, 2.45) is 0 Å². The Morgan fingerprint density at radius 2 is 1.70 bits per heavy atom. The molecule has 7 nitrogen and oxygen atoms in total. The number of halogens is 1. The number of carbonyl (C=O) groups excluding carboxylic acids is 1. The molecule has 1 aliphatic heterocycles. The molecule has 3 aromatic rings. The molecule has 2 N–H and O–H groups in total. The van der Waals surface area contributed by atoms with Gasteiger partial charge in [-0.15, -0.1) is 0 Å². The number of benzene rings is 2. The van der Waals surface area contributed by atoms with Gasteiger partial charge in [-0.2, -0.15) is 0 Å². The Morgan fingerprint density at radius 3 is 2.33 bits per heavy atom. The number of rotatable bonds is 8. The monoisotopic (exact) mass is 487 g/mol. The van der Waals surface area contributed by atoms with Crippen LogP contribution in [0.25, 0.3) is 0 Å². The van der Waals surface area contributed by atoms with E-state index in [4.69, 9.17) is 16.0 Å². The zero-order chi connectivity index (χ0) is 23.3. The van der Waals surface area contributed by atoms with Gasteiger partial charge < -0.3 is 9.73 Å². The molecule has 0 bridgehead atoms. The van der Waals surface area contributed by atoms with Gasteiger partial charge in [0.1, 0.15) is 5.76 Å². The summed E-state index contributed by atoms with van der Waals surface area (Å²) in [6.07, 6.45) is 5.12. The maximum atomic E-state index is 12.7. The molecule has 1 aliphatic rings. The van der Waals surface area contributed by atoms with Crippen molar-refractivity contribution in [3.8, 4) is 0 Å². The van der Waals surface area contributed by atoms with E-state index in [2.05, 4.69) is 14.9 Å². The summed E-state index contributed by atoms with van der Waals surface area (Å²) in [6.45, 7) is 2.34. The molecule has 0 radical (unpaired) electrons. The number of anilines is 1. The molecular formula is C24H26ClN3O4S. The third-order valence-corrected chi connectivity index (χ3v) is 7.33. The van der Waals surface area contributed by atoms with Crippen molar-refractivity contribution in [3.63, 3.8) is 0 Å². The van der Waals surface area contributed by atoms with Gasteiger partial charge in [0.25, 0.3) is 15.9 Å². The molecule has 4 rings (SSSR count). The molecule has 2 aromatic carbocycles. The summed E-state index contributed by atoms with van der Waals surface area (Å²) < 4.78 is 33.4. The van der Waals surface area contributed by atoms with Crippen molar-refractivity contribution in [2.75, 3.05) is 24.4 Å². The van der Waals surface area contributed by atoms with Gasteiger partial charge in [-0.05, 0) is 86.6 Å². The number of likely N-dealkylation sites (tertiary alicyclic amines) is 1. The van der Waals surface area contributed by atoms with Gasteiger partial charge in [0, 0.05) is 22.8 Å². The van der Waals surface area contributed by atoms with E-state index >= 15 is 0 Å². The number of hydrogen-bond acceptors (Lipinski definition) is 5. The SMILES string of the molecule is O=C(NCC(c1ccco1)N1CCCCC1)c1ccc(S(=O)(=O)Nc2ccc(Cl)cc2)cc1. The molecule has 0 aliphatic carbocycles. The standard InChI is InChI=1S/C24H26ClN3O4S/c25-19-8-10-20(11-9-19)27-33(30,31)21-12-6-18(7-13-21)24(29)26-17-22(23-5-4-16-32-23)28-14-2-1-3-15-28/h4-13,16,22,27H,1-3,14-15,17H2,(H,26,29). The fourth-order valence-electron chi connectivity index (χ4n) is 3.93. The van der Waals surface area contributed by atoms with Crippen LogP contribution >= 0.6 is 11.6 Å². The molecule has 1 amide bonds. The highest BCUT2D eigenvalue weighted by atomic mass is 35.5. The van der Waals surface area contributed by atoms with Crippen molar-refractivity contribution in [2.45, 2.75) is 30.2 Å². The largest absolute Gasteiger partial charge is 0.468 e. The highest BCUT2D eigenvalue weighted by molar-refractivity contribution is 7.92. The van der Waals surface area contributed by atoms with Gasteiger partial charge >= 0.3 is 0 Å². The summed E-state index contributed by atoms with van der Waals surface area (Å²) in [5, 5.41) is 3.49. The third-order valence-electron chi connectivity index (χ3n) is 5.68. The van der Waals surface area contributed by atoms with Crippen molar-refractivity contribution in [3.05, 3.63) is 83.3 Å². The minimum atomic E-state index is -3.78. The first-order valence-electron chi connectivity index (χ1n) is 10.9. The van der Waals surface area contributed by atoms with E-state index in [9.17, 15) is 13.2 Å². The Bertz CT molecular complexity index is 1160. The predicted octanol–water partition coefficient (Wildman–Crippen LogP) is 4.69. The molecule has 174 valence electrons. The van der Waals surface area contributed by atoms with Gasteiger partial charge in [0.2, 0.25) is 0 Å². The fraction of sp³-hybridized carbons (Fsp3) is 0.292. The summed E-state index contributed by atoms with van der Waals surface area (Å²) >= 11 is 5.84. The van der Waals surface area contributed by atoms with Crippen LogP contribution in [0.5, 0.6) is 0 Å². The summed E-state index contributed by atoms with van der Waals surface area (Å²) in [5.41, 5.74) is 0.792. The highest BCUT2D eigenvalue weighted by Gasteiger charge is 2.25. The van der Waals surface area contributed by atoms with Crippen LogP contribution in [0.3, 0.4) is 0 Å². The molecular weight excluding hydrogens is 462 g/mol. The van der Waals surface area contributed by atoms with Crippen molar-refractivity contribution < 1.29 is 17.6 Å². The van der Waals surface area contributed by atoms with Gasteiger partial charge in [0.15, 0.2) is 0 Å². The zero-order valence-corrected chi connectivity index (χ0v) is 19.6. The molecule has 9 heteroatoms. The Morgan fingerprint density at radius 1 is 1.00 bits per heavy atom. The summed E-state index contributed by atoms with van der Waals surface area (Å²) in [5.74, 6) is 0.560. The van der Waals surface area contributed by atoms with Crippen LogP contribution in [0.15, 0.2) is 76.2 Å². The van der Waals surface area contributed by atoms with Gasteiger partial charge in [-0.1, -0.05) is 18.0 Å². The lowest BCUT2D eigenvalue weighted by atomic mass is 10.1. The summed E-state index contributed by atoms with van der Waals surface area (Å²) in [7, 11) is -3.78. The number of sulfonamides is 1. The lowest BCUT2D eigenvalue weighted by Gasteiger charge is -2.33. The van der Waals surface area contributed by atoms with E-state index < -0.39 is 10.0 Å². The van der Waals surface area contributed by atoms with E-state index in [1.807, 2.05) is 12.1 Å². The Hall–Kier alpha value is -2.81. The quantitative estimate of drug-likeness (QED) is 0.481. The molecule has 1 saturated heterocycles. The van der Waals surface area contributed by atoms with Crippen LogP contribution in [-0.4, -0.2) is 38.9 Å². The van der Waals surface area contributed by atoms with Gasteiger partial charge in [-0.3, -0.25) is 14.4 Å². The smallest absolute Gasteiger partial charge is 0.261 e. The van der Waals surface area contributed by atoms with E-state index in [1.54, 1.807) is 30.5 Å². The number of nitrogens with zero attached hydrogens (tertiary/aromatic N) is 1. The van der Waals surface area contributed by atoms with Crippen LogP contribution < -0.4 is 10.0 Å². The Labute approximate surface area is 198 Å². The summed E-state index contributed by atoms with van der Waals surface area (Å²) in [4.78, 5) is 15.1. The first-order valence-corrected chi connectivity index (χ1v) is 12.7. The minimum Gasteiger partial charge on any atom is -0.468 e. The second-order valence-electron chi connectivity index (χ2n) is 7.97. The minimum absolute atomic E-state index is 0.0347. The molecule has 1 fully saturated rings. The van der Waals surface area contributed by atoms with Crippen molar-refractivity contribution in [1.82, 2.24) is 10.2 Å². The lowest BCUT2D eigenvalue weighted by Crippen LogP contribution is -2.40. The molecule has 0 spiro atoms. The number of amides is 1. The molecule has 1 atom stereocenters. The van der Waals surface area contributed by atoms with Crippen LogP contribution in [-0.2, 0) is 10.0 Å². The van der Waals surface area contributed by atoms with E-state index in [0.29, 0.717) is 22.8 Å². The molecule has 2 heterocycles. The lowest BCUT2D eigenvalue weighted by molar-refractivity contribution is 0.0914. The van der Waals surface area contributed by atoms with Crippen molar-refractivity contribution >= 4 is 33.2 Å². The fourth-order valence-corrected chi connectivity index (χ4v) is 5.11. The molecule has 33 heavy (non-hydrogen) atoms. The van der Waals surface area contributed by atoms with E-state index in [0.717, 1.165) is 31.7 Å². The van der Waals surface area contributed by atoms with E-state index in [1.165, 1.54) is 30.7 Å². The average Bonchev–Trinajstić information content (AvgIpc) is 3.36. The zero-order valence-electron chi connectivity index (χ0n) is 18.0. The third kappa shape index (κ3) is 5.96. The van der Waals surface area contributed by atoms with Crippen molar-refractivity contribution in [1.29, 1.82) is 0 Å². The first kappa shape index (κ1) is 23.4. The Kier molecular flexibility index (Phi) is 7.37. The van der Waals surface area contributed by atoms with Crippen LogP contribution in [0.4, 0.5) is 5.69 Å². The normalized spacial score (nSPS) is 15.7. The predicted molar refractivity (Wildman–Crippen MR) is 128 cm³/mol. The first-order chi connectivity index (χ1) is 15.9. The number of nitrogens with one attached hydrogen (secondary N) is 2. The second kappa shape index (κ2) is 10.4. The summed E-state index contributed by atoms with van der Waals surface area (Å²) in [6, 6.07) is 16.0. The highest BCUT2D eigenvalue weighted by Crippen LogP contribution is 2.25. The van der Waals surface area contributed by atoms with Gasteiger partial charge in [-0.25, -0.2) is 8.42 Å². The molecule has 1 aromatic heterocycles. The molecule has 1 unspecified atom stereocenters. The van der Waals surface area contributed by atoms with Crippen LogP contribution in [0.2, 0.25) is 5.02 Å². The molecule has 0 saturated carbocycles. The number of carbonyl (C=O) groups is 1. The van der Waals surface area contributed by atoms with Gasteiger partial charge in [0.05, 0.1) is 17.2 Å². The van der Waals surface area contributed by atoms with E-state index in [-0.39, 0.29) is 16.8 Å². The maximum Gasteiger partial charge on any atom is 0.261 e. The topological polar surface area (TPSA) is 91.7 Å². The Balaban J connectivity index is 1.40. The number of piperidine rings is 1. The second-order valence-corrected chi connectivity index (χ2v) is 10.1. The number of hydrogen-bond donors (Lipinski definition) is 2.